The quantitative estimate of drug-likeness (QED) is 0.441. The number of aryl methyl sites for hydroxylation is 1. The van der Waals surface area contributed by atoms with E-state index in [0.717, 1.165) is 25.0 Å². The monoisotopic (exact) mass is 561 g/mol. The topological polar surface area (TPSA) is 95.6 Å². The number of aromatic nitrogens is 3. The molecule has 35 heavy (non-hydrogen) atoms. The summed E-state index contributed by atoms with van der Waals surface area (Å²) < 4.78 is 41.2. The van der Waals surface area contributed by atoms with Crippen LogP contribution in [-0.4, -0.2) is 61.6 Å². The van der Waals surface area contributed by atoms with Crippen molar-refractivity contribution in [3.8, 4) is 5.75 Å². The van der Waals surface area contributed by atoms with Gasteiger partial charge in [-0.25, -0.2) is 18.3 Å². The molecule has 2 aromatic heterocycles. The van der Waals surface area contributed by atoms with E-state index in [4.69, 9.17) is 9.47 Å². The molecule has 0 aliphatic carbocycles. The molecular formula is C23H23BrF2N3NaO5. The number of pyridine rings is 1. The van der Waals surface area contributed by atoms with Crippen molar-refractivity contribution in [2.24, 2.45) is 0 Å². The summed E-state index contributed by atoms with van der Waals surface area (Å²) in [5, 5.41) is 14.0. The summed E-state index contributed by atoms with van der Waals surface area (Å²) in [6.45, 7) is 2.07. The molecule has 1 saturated heterocycles. The van der Waals surface area contributed by atoms with E-state index in [-0.39, 0.29) is 64.2 Å². The van der Waals surface area contributed by atoms with Gasteiger partial charge in [0.05, 0.1) is 12.2 Å². The van der Waals surface area contributed by atoms with Crippen LogP contribution in [0.4, 0.5) is 8.78 Å². The van der Waals surface area contributed by atoms with Crippen molar-refractivity contribution in [3.63, 3.8) is 0 Å². The molecule has 8 nitrogen and oxygen atoms in total. The molecule has 1 aromatic carbocycles. The van der Waals surface area contributed by atoms with Crippen LogP contribution in [0.15, 0.2) is 39.6 Å². The Morgan fingerprint density at radius 2 is 2.06 bits per heavy atom. The van der Waals surface area contributed by atoms with Gasteiger partial charge in [0, 0.05) is 30.0 Å². The first-order chi connectivity index (χ1) is 16.2. The number of halogens is 3. The SMILES string of the molecule is Cc1cc(OCc2ccc(F)cc2F)c(Br)c(=O)n1Cc1cc(C(=O)O)n(C2CCCCO2)n1.[NaH]. The van der Waals surface area contributed by atoms with Crippen molar-refractivity contribution in [2.75, 3.05) is 6.61 Å². The number of hydrogen-bond donors (Lipinski definition) is 1. The number of aromatic carboxylic acids is 1. The molecule has 0 bridgehead atoms. The molecule has 0 radical (unpaired) electrons. The fraction of sp³-hybridized carbons (Fsp3) is 0.348. The molecule has 182 valence electrons. The molecule has 0 amide bonds. The Bertz CT molecular complexity index is 1290. The van der Waals surface area contributed by atoms with Gasteiger partial charge in [0.1, 0.15) is 34.2 Å². The van der Waals surface area contributed by atoms with Crippen LogP contribution in [0.2, 0.25) is 0 Å². The third-order valence-corrected chi connectivity index (χ3v) is 6.30. The number of carbonyl (C=O) groups is 1. The zero-order valence-electron chi connectivity index (χ0n) is 18.3. The van der Waals surface area contributed by atoms with Crippen molar-refractivity contribution < 1.29 is 28.2 Å². The summed E-state index contributed by atoms with van der Waals surface area (Å²) in [6, 6.07) is 6.20. The van der Waals surface area contributed by atoms with E-state index < -0.39 is 29.4 Å². The molecule has 1 N–H and O–H groups in total. The molecule has 0 spiro atoms. The zero-order valence-corrected chi connectivity index (χ0v) is 19.8. The van der Waals surface area contributed by atoms with Gasteiger partial charge in [-0.2, -0.15) is 5.10 Å². The van der Waals surface area contributed by atoms with E-state index in [1.165, 1.54) is 21.4 Å². The molecule has 3 heterocycles. The molecule has 0 saturated carbocycles. The van der Waals surface area contributed by atoms with E-state index >= 15 is 0 Å². The average Bonchev–Trinajstić information content (AvgIpc) is 3.24. The summed E-state index contributed by atoms with van der Waals surface area (Å²) in [4.78, 5) is 24.7. The Balaban J connectivity index is 0.00000342. The first-order valence-corrected chi connectivity index (χ1v) is 11.4. The maximum atomic E-state index is 13.9. The van der Waals surface area contributed by atoms with Crippen LogP contribution in [-0.2, 0) is 17.9 Å². The fourth-order valence-electron chi connectivity index (χ4n) is 3.79. The molecule has 3 aromatic rings. The molecule has 1 unspecified atom stereocenters. The molecular weight excluding hydrogens is 539 g/mol. The Morgan fingerprint density at radius 1 is 1.29 bits per heavy atom. The summed E-state index contributed by atoms with van der Waals surface area (Å²) in [5.74, 6) is -2.36. The number of carboxylic acids is 1. The van der Waals surface area contributed by atoms with Crippen molar-refractivity contribution in [2.45, 2.75) is 45.6 Å². The van der Waals surface area contributed by atoms with Crippen LogP contribution in [0.25, 0.3) is 0 Å². The molecule has 12 heteroatoms. The van der Waals surface area contributed by atoms with Crippen LogP contribution < -0.4 is 10.3 Å². The van der Waals surface area contributed by atoms with Gasteiger partial charge in [-0.1, -0.05) is 0 Å². The van der Waals surface area contributed by atoms with Gasteiger partial charge < -0.3 is 19.1 Å². The van der Waals surface area contributed by atoms with Crippen LogP contribution in [0.3, 0.4) is 0 Å². The Morgan fingerprint density at radius 3 is 2.71 bits per heavy atom. The standard InChI is InChI=1S/C23H22BrF2N3O5.Na.H/c1-13-8-19(34-12-14-5-6-15(25)9-17(14)26)21(24)22(30)28(13)11-16-10-18(23(31)32)29(27-16)20-4-2-3-7-33-20;;/h5-6,8-10,20H,2-4,7,11-12H2,1H3,(H,31,32);;. The molecule has 4 rings (SSSR count). The van der Waals surface area contributed by atoms with Crippen molar-refractivity contribution in [3.05, 3.63) is 79.4 Å². The van der Waals surface area contributed by atoms with Gasteiger partial charge in [-0.3, -0.25) is 4.79 Å². The fourth-order valence-corrected chi connectivity index (χ4v) is 4.23. The minimum atomic E-state index is -1.13. The summed E-state index contributed by atoms with van der Waals surface area (Å²) >= 11 is 3.24. The predicted octanol–water partition coefficient (Wildman–Crippen LogP) is 3.77. The van der Waals surface area contributed by atoms with Crippen LogP contribution in [0.5, 0.6) is 5.75 Å². The van der Waals surface area contributed by atoms with Crippen LogP contribution in [0, 0.1) is 18.6 Å². The molecule has 1 aliphatic heterocycles. The van der Waals surface area contributed by atoms with Crippen molar-refractivity contribution in [1.29, 1.82) is 0 Å². The first kappa shape index (κ1) is 27.5. The third-order valence-electron chi connectivity index (χ3n) is 5.57. The number of nitrogens with zero attached hydrogens (tertiary/aromatic N) is 3. The number of hydrogen-bond acceptors (Lipinski definition) is 5. The van der Waals surface area contributed by atoms with E-state index in [2.05, 4.69) is 21.0 Å². The first-order valence-electron chi connectivity index (χ1n) is 10.6. The second-order valence-corrected chi connectivity index (χ2v) is 8.76. The molecule has 1 atom stereocenters. The summed E-state index contributed by atoms with van der Waals surface area (Å²) in [6.07, 6.45) is 2.03. The number of ether oxygens (including phenoxy) is 2. The van der Waals surface area contributed by atoms with Crippen molar-refractivity contribution in [1.82, 2.24) is 14.3 Å². The van der Waals surface area contributed by atoms with E-state index in [1.807, 2.05) is 0 Å². The summed E-state index contributed by atoms with van der Waals surface area (Å²) in [5.41, 5.74) is 0.642. The van der Waals surface area contributed by atoms with Crippen molar-refractivity contribution >= 4 is 51.5 Å². The minimum absolute atomic E-state index is 0. The van der Waals surface area contributed by atoms with Gasteiger partial charge in [0.2, 0.25) is 0 Å². The van der Waals surface area contributed by atoms with Gasteiger partial charge in [-0.05, 0) is 60.3 Å². The van der Waals surface area contributed by atoms with Crippen LogP contribution in [0.1, 0.15) is 52.9 Å². The second kappa shape index (κ2) is 11.8. The van der Waals surface area contributed by atoms with Gasteiger partial charge in [-0.15, -0.1) is 0 Å². The number of rotatable bonds is 7. The predicted molar refractivity (Wildman–Crippen MR) is 128 cm³/mol. The number of benzene rings is 1. The summed E-state index contributed by atoms with van der Waals surface area (Å²) in [7, 11) is 0. The van der Waals surface area contributed by atoms with Gasteiger partial charge in [0.25, 0.3) is 5.56 Å². The average molecular weight is 562 g/mol. The zero-order chi connectivity index (χ0) is 24.4. The Labute approximate surface area is 230 Å². The van der Waals surface area contributed by atoms with Crippen LogP contribution >= 0.6 is 15.9 Å². The number of carboxylic acid groups (broad SMARTS) is 1. The van der Waals surface area contributed by atoms with Gasteiger partial charge in [0.15, 0.2) is 6.23 Å². The molecule has 1 fully saturated rings. The van der Waals surface area contributed by atoms with E-state index in [9.17, 15) is 23.5 Å². The normalized spacial score (nSPS) is 15.5. The second-order valence-electron chi connectivity index (χ2n) is 7.97. The third kappa shape index (κ3) is 6.21. The Hall–Kier alpha value is -2.05. The maximum absolute atomic E-state index is 13.9. The van der Waals surface area contributed by atoms with Gasteiger partial charge >= 0.3 is 35.5 Å². The van der Waals surface area contributed by atoms with E-state index in [1.54, 1.807) is 13.0 Å². The molecule has 1 aliphatic rings. The Kier molecular flexibility index (Phi) is 9.28. The van der Waals surface area contributed by atoms with E-state index in [0.29, 0.717) is 24.4 Å².